The molecule has 2 heterocycles. The zero-order valence-corrected chi connectivity index (χ0v) is 14.2. The average molecular weight is 368 g/mol. The molecule has 0 aliphatic carbocycles. The highest BCUT2D eigenvalue weighted by Gasteiger charge is 2.34. The molecule has 8 heteroatoms. The minimum Gasteiger partial charge on any atom is -0.324 e. The lowest BCUT2D eigenvalue weighted by atomic mass is 9.96. The van der Waals surface area contributed by atoms with Crippen LogP contribution in [0.5, 0.6) is 0 Å². The van der Waals surface area contributed by atoms with Crippen molar-refractivity contribution in [3.63, 3.8) is 0 Å². The van der Waals surface area contributed by atoms with E-state index in [0.29, 0.717) is 16.5 Å². The molecule has 1 unspecified atom stereocenters. The molecule has 1 aliphatic heterocycles. The monoisotopic (exact) mass is 367 g/mol. The third kappa shape index (κ3) is 3.04. The summed E-state index contributed by atoms with van der Waals surface area (Å²) in [4.78, 5) is 32.6. The number of aromatic nitrogens is 2. The number of ketones is 1. The molecule has 0 saturated heterocycles. The van der Waals surface area contributed by atoms with E-state index in [0.717, 1.165) is 11.0 Å². The number of H-pyrrole nitrogens is 1. The fourth-order valence-corrected chi connectivity index (χ4v) is 2.91. The summed E-state index contributed by atoms with van der Waals surface area (Å²) in [5.41, 5.74) is 4.89. The summed E-state index contributed by atoms with van der Waals surface area (Å²) in [6.07, 6.45) is 0. The first-order chi connectivity index (χ1) is 12.6. The molecule has 0 radical (unpaired) electrons. The first kappa shape index (κ1) is 16.3. The van der Waals surface area contributed by atoms with Crippen LogP contribution in [0.25, 0.3) is 11.0 Å². The van der Waals surface area contributed by atoms with Crippen LogP contribution in [0.3, 0.4) is 0 Å². The maximum atomic E-state index is 12.6. The number of aromatic amines is 1. The van der Waals surface area contributed by atoms with Crippen molar-refractivity contribution >= 4 is 46.0 Å². The Labute approximate surface area is 153 Å². The second-order valence-electron chi connectivity index (χ2n) is 5.84. The molecule has 2 aromatic carbocycles. The van der Waals surface area contributed by atoms with E-state index in [1.165, 1.54) is 0 Å². The molecule has 1 atom stereocenters. The number of imidazole rings is 1. The van der Waals surface area contributed by atoms with Gasteiger partial charge in [-0.05, 0) is 36.4 Å². The number of nitrogens with one attached hydrogen (secondary N) is 3. The number of Topliss-reactive ketones (excluding diaryl/α,β-unsaturated/α-hetero) is 1. The molecule has 4 rings (SSSR count). The van der Waals surface area contributed by atoms with E-state index in [1.807, 2.05) is 24.3 Å². The standard InChI is InChI=1S/C18H14ClN5O2/c19-11-7-5-10(6-8-11)16(25)15-12(9-20-24-15)17(26)23-18-21-13-3-1-2-4-14(13)22-18/h1-8,12,20H,9H2,(H2,21,22,23,26). The topological polar surface area (TPSA) is 99.2 Å². The zero-order chi connectivity index (χ0) is 18.1. The largest absolute Gasteiger partial charge is 0.324 e. The van der Waals surface area contributed by atoms with E-state index < -0.39 is 5.92 Å². The molecular formula is C18H14ClN5O2. The molecule has 7 nitrogen and oxygen atoms in total. The summed E-state index contributed by atoms with van der Waals surface area (Å²) in [6.45, 7) is 0.251. The Bertz CT molecular complexity index is 992. The van der Waals surface area contributed by atoms with Crippen LogP contribution in [0.15, 0.2) is 53.6 Å². The van der Waals surface area contributed by atoms with Gasteiger partial charge in [-0.1, -0.05) is 23.7 Å². The molecule has 130 valence electrons. The second kappa shape index (κ2) is 6.61. The number of rotatable bonds is 4. The quantitative estimate of drug-likeness (QED) is 0.617. The van der Waals surface area contributed by atoms with Crippen molar-refractivity contribution in [3.05, 3.63) is 59.1 Å². The zero-order valence-electron chi connectivity index (χ0n) is 13.5. The van der Waals surface area contributed by atoms with Gasteiger partial charge in [0.1, 0.15) is 11.6 Å². The molecule has 0 bridgehead atoms. The molecule has 0 spiro atoms. The molecule has 3 aromatic rings. The number of benzene rings is 2. The lowest BCUT2D eigenvalue weighted by Crippen LogP contribution is -2.34. The van der Waals surface area contributed by atoms with Crippen LogP contribution in [-0.2, 0) is 4.79 Å². The molecular weight excluding hydrogens is 354 g/mol. The maximum Gasteiger partial charge on any atom is 0.237 e. The van der Waals surface area contributed by atoms with Crippen LogP contribution >= 0.6 is 11.6 Å². The van der Waals surface area contributed by atoms with Gasteiger partial charge < -0.3 is 10.4 Å². The molecule has 1 aromatic heterocycles. The Morgan fingerprint density at radius 1 is 1.12 bits per heavy atom. The van der Waals surface area contributed by atoms with E-state index in [1.54, 1.807) is 24.3 Å². The van der Waals surface area contributed by atoms with E-state index in [9.17, 15) is 9.59 Å². The summed E-state index contributed by atoms with van der Waals surface area (Å²) in [5, 5.41) is 7.27. The van der Waals surface area contributed by atoms with E-state index in [-0.39, 0.29) is 23.9 Å². The minimum absolute atomic E-state index is 0.168. The van der Waals surface area contributed by atoms with Gasteiger partial charge in [-0.25, -0.2) is 4.98 Å². The van der Waals surface area contributed by atoms with Gasteiger partial charge >= 0.3 is 0 Å². The van der Waals surface area contributed by atoms with Crippen LogP contribution in [0.1, 0.15) is 10.4 Å². The predicted octanol–water partition coefficient (Wildman–Crippen LogP) is 2.61. The smallest absolute Gasteiger partial charge is 0.237 e. The Morgan fingerprint density at radius 2 is 1.88 bits per heavy atom. The molecule has 1 amide bonds. The Balaban J connectivity index is 1.52. The summed E-state index contributed by atoms with van der Waals surface area (Å²) >= 11 is 5.85. The van der Waals surface area contributed by atoms with Gasteiger partial charge in [0.05, 0.1) is 17.6 Å². The summed E-state index contributed by atoms with van der Waals surface area (Å²) in [7, 11) is 0. The number of para-hydroxylation sites is 2. The third-order valence-corrected chi connectivity index (χ3v) is 4.36. The number of halogens is 1. The Kier molecular flexibility index (Phi) is 4.14. The lowest BCUT2D eigenvalue weighted by molar-refractivity contribution is -0.117. The van der Waals surface area contributed by atoms with Gasteiger partial charge in [-0.3, -0.25) is 14.9 Å². The molecule has 26 heavy (non-hydrogen) atoms. The van der Waals surface area contributed by atoms with Gasteiger partial charge in [-0.2, -0.15) is 5.10 Å². The number of nitrogens with zero attached hydrogens (tertiary/aromatic N) is 2. The van der Waals surface area contributed by atoms with Gasteiger partial charge in [0.15, 0.2) is 0 Å². The van der Waals surface area contributed by atoms with Crippen molar-refractivity contribution in [2.75, 3.05) is 11.9 Å². The number of amides is 1. The number of carbonyl (C=O) groups excluding carboxylic acids is 2. The summed E-state index contributed by atoms with van der Waals surface area (Å²) in [6, 6.07) is 13.9. The van der Waals surface area contributed by atoms with Crippen molar-refractivity contribution in [2.45, 2.75) is 0 Å². The van der Waals surface area contributed by atoms with Gasteiger partial charge in [0.25, 0.3) is 0 Å². The maximum absolute atomic E-state index is 12.6. The number of anilines is 1. The highest BCUT2D eigenvalue weighted by Crippen LogP contribution is 2.18. The third-order valence-electron chi connectivity index (χ3n) is 4.11. The SMILES string of the molecule is O=C(C1=NNCC1C(=O)Nc1nc2ccccc2[nH]1)c1ccc(Cl)cc1. The fourth-order valence-electron chi connectivity index (χ4n) is 2.79. The first-order valence-electron chi connectivity index (χ1n) is 7.98. The Hall–Kier alpha value is -3.19. The highest BCUT2D eigenvalue weighted by atomic mass is 35.5. The summed E-state index contributed by atoms with van der Waals surface area (Å²) < 4.78 is 0. The Morgan fingerprint density at radius 3 is 2.65 bits per heavy atom. The van der Waals surface area contributed by atoms with Crippen LogP contribution in [0.4, 0.5) is 5.95 Å². The van der Waals surface area contributed by atoms with Crippen molar-refractivity contribution in [1.29, 1.82) is 0 Å². The lowest BCUT2D eigenvalue weighted by Gasteiger charge is -2.10. The average Bonchev–Trinajstić information content (AvgIpc) is 3.28. The van der Waals surface area contributed by atoms with Gasteiger partial charge in [0.2, 0.25) is 17.6 Å². The van der Waals surface area contributed by atoms with Crippen LogP contribution in [-0.4, -0.2) is 33.9 Å². The minimum atomic E-state index is -0.702. The normalized spacial score (nSPS) is 16.2. The van der Waals surface area contributed by atoms with Crippen LogP contribution in [0, 0.1) is 5.92 Å². The predicted molar refractivity (Wildman–Crippen MR) is 99.4 cm³/mol. The van der Waals surface area contributed by atoms with Gasteiger partial charge in [0, 0.05) is 10.6 Å². The van der Waals surface area contributed by atoms with Crippen molar-refractivity contribution < 1.29 is 9.59 Å². The number of fused-ring (bicyclic) bond motifs is 1. The second-order valence-corrected chi connectivity index (χ2v) is 6.28. The molecule has 0 saturated carbocycles. The van der Waals surface area contributed by atoms with Crippen molar-refractivity contribution in [1.82, 2.24) is 15.4 Å². The fraction of sp³-hybridized carbons (Fsp3) is 0.111. The highest BCUT2D eigenvalue weighted by molar-refractivity contribution is 6.50. The molecule has 0 fully saturated rings. The van der Waals surface area contributed by atoms with E-state index in [4.69, 9.17) is 11.6 Å². The van der Waals surface area contributed by atoms with Crippen molar-refractivity contribution in [3.8, 4) is 0 Å². The first-order valence-corrected chi connectivity index (χ1v) is 8.36. The van der Waals surface area contributed by atoms with E-state index >= 15 is 0 Å². The van der Waals surface area contributed by atoms with E-state index in [2.05, 4.69) is 25.8 Å². The molecule has 3 N–H and O–H groups in total. The van der Waals surface area contributed by atoms with Crippen molar-refractivity contribution in [2.24, 2.45) is 11.0 Å². The number of carbonyl (C=O) groups is 2. The van der Waals surface area contributed by atoms with Crippen LogP contribution in [0.2, 0.25) is 5.02 Å². The van der Waals surface area contributed by atoms with Crippen LogP contribution < -0.4 is 10.7 Å². The summed E-state index contributed by atoms with van der Waals surface area (Å²) in [5.74, 6) is -1.03. The number of hydrazone groups is 1. The number of hydrogen-bond acceptors (Lipinski definition) is 5. The molecule has 1 aliphatic rings. The number of hydrogen-bond donors (Lipinski definition) is 3. The van der Waals surface area contributed by atoms with Gasteiger partial charge in [-0.15, -0.1) is 0 Å².